The van der Waals surface area contributed by atoms with Gasteiger partial charge in [-0.05, 0) is 6.42 Å². The number of ketones is 1. The lowest BCUT2D eigenvalue weighted by atomic mass is 9.86. The summed E-state index contributed by atoms with van der Waals surface area (Å²) >= 11 is 0. The lowest BCUT2D eigenvalue weighted by Crippen LogP contribution is -2.24. The minimum absolute atomic E-state index is 0.0895. The van der Waals surface area contributed by atoms with E-state index in [1.807, 2.05) is 0 Å². The van der Waals surface area contributed by atoms with E-state index in [2.05, 4.69) is 31.1 Å². The first-order chi connectivity index (χ1) is 12.2. The third-order valence-electron chi connectivity index (χ3n) is 4.03. The summed E-state index contributed by atoms with van der Waals surface area (Å²) in [6.45, 7) is 6.21. The van der Waals surface area contributed by atoms with Crippen LogP contribution >= 0.6 is 0 Å². The molecule has 2 rings (SSSR count). The van der Waals surface area contributed by atoms with Gasteiger partial charge >= 0.3 is 5.97 Å². The molecule has 0 radical (unpaired) electrons. The van der Waals surface area contributed by atoms with Crippen molar-refractivity contribution in [1.29, 1.82) is 0 Å². The molecule has 1 aliphatic heterocycles. The Hall–Kier alpha value is -2.46. The SMILES string of the molecule is C[Si](C)(C)C#CC1CC(c2ccccc2[N+](=O)[O-])C(=O)CCCC(=O)O1. The summed E-state index contributed by atoms with van der Waals surface area (Å²) < 4.78 is 5.45. The van der Waals surface area contributed by atoms with Crippen LogP contribution in [0.2, 0.25) is 19.6 Å². The van der Waals surface area contributed by atoms with Crippen molar-refractivity contribution in [3.8, 4) is 11.5 Å². The maximum Gasteiger partial charge on any atom is 0.307 e. The summed E-state index contributed by atoms with van der Waals surface area (Å²) in [6.07, 6.45) is 0.136. The minimum Gasteiger partial charge on any atom is -0.449 e. The zero-order chi connectivity index (χ0) is 19.3. The van der Waals surface area contributed by atoms with Crippen molar-refractivity contribution in [1.82, 2.24) is 0 Å². The van der Waals surface area contributed by atoms with Crippen molar-refractivity contribution in [3.63, 3.8) is 0 Å². The molecule has 1 heterocycles. The van der Waals surface area contributed by atoms with Crippen LogP contribution in [0.25, 0.3) is 0 Å². The molecule has 0 aromatic heterocycles. The highest BCUT2D eigenvalue weighted by molar-refractivity contribution is 6.83. The Morgan fingerprint density at radius 1 is 1.19 bits per heavy atom. The Kier molecular flexibility index (Phi) is 6.32. The van der Waals surface area contributed by atoms with Crippen molar-refractivity contribution < 1.29 is 19.2 Å². The molecule has 1 fully saturated rings. The molecular formula is C19H23NO5Si. The monoisotopic (exact) mass is 373 g/mol. The predicted octanol–water partition coefficient (Wildman–Crippen LogP) is 3.61. The summed E-state index contributed by atoms with van der Waals surface area (Å²) in [6, 6.07) is 6.24. The summed E-state index contributed by atoms with van der Waals surface area (Å²) in [5, 5.41) is 11.4. The van der Waals surface area contributed by atoms with E-state index in [0.717, 1.165) is 0 Å². The fourth-order valence-electron chi connectivity index (χ4n) is 2.83. The summed E-state index contributed by atoms with van der Waals surface area (Å²) in [5.74, 6) is 1.81. The van der Waals surface area contributed by atoms with Gasteiger partial charge in [0.1, 0.15) is 13.9 Å². The highest BCUT2D eigenvalue weighted by Crippen LogP contribution is 2.33. The molecule has 6 nitrogen and oxygen atoms in total. The topological polar surface area (TPSA) is 86.5 Å². The Morgan fingerprint density at radius 3 is 2.54 bits per heavy atom. The van der Waals surface area contributed by atoms with Crippen molar-refractivity contribution in [3.05, 3.63) is 39.9 Å². The van der Waals surface area contributed by atoms with Crippen LogP contribution in [-0.4, -0.2) is 30.9 Å². The second-order valence-corrected chi connectivity index (χ2v) is 12.2. The lowest BCUT2D eigenvalue weighted by molar-refractivity contribution is -0.385. The largest absolute Gasteiger partial charge is 0.449 e. The standard InChI is InChI=1S/C19H23NO5Si/c1-26(2,3)12-11-14-13-16(18(21)9-6-10-19(22)25-14)15-7-4-5-8-17(15)20(23)24/h4-5,7-8,14,16H,6,9-10,13H2,1-3H3. The summed E-state index contributed by atoms with van der Waals surface area (Å²) in [4.78, 5) is 35.6. The van der Waals surface area contributed by atoms with Gasteiger partial charge in [-0.1, -0.05) is 43.8 Å². The molecule has 0 N–H and O–H groups in total. The number of nitro groups is 1. The Morgan fingerprint density at radius 2 is 1.88 bits per heavy atom. The number of nitrogens with zero attached hydrogens (tertiary/aromatic N) is 1. The number of hydrogen-bond acceptors (Lipinski definition) is 5. The number of benzene rings is 1. The fourth-order valence-corrected chi connectivity index (χ4v) is 3.42. The van der Waals surface area contributed by atoms with Gasteiger partial charge in [0.25, 0.3) is 5.69 Å². The van der Waals surface area contributed by atoms with E-state index in [1.54, 1.807) is 18.2 Å². The number of ether oxygens (including phenoxy) is 1. The summed E-state index contributed by atoms with van der Waals surface area (Å²) in [5.41, 5.74) is 3.44. The second-order valence-electron chi connectivity index (χ2n) is 7.42. The van der Waals surface area contributed by atoms with Gasteiger partial charge in [-0.25, -0.2) is 0 Å². The number of nitro benzene ring substituents is 1. The molecular weight excluding hydrogens is 350 g/mol. The molecule has 0 saturated carbocycles. The number of rotatable bonds is 2. The number of cyclic esters (lactones) is 1. The van der Waals surface area contributed by atoms with Gasteiger partial charge in [-0.3, -0.25) is 19.7 Å². The smallest absolute Gasteiger partial charge is 0.307 e. The maximum absolute atomic E-state index is 12.7. The first kappa shape index (κ1) is 19.9. The molecule has 2 unspecified atom stereocenters. The zero-order valence-corrected chi connectivity index (χ0v) is 16.3. The van der Waals surface area contributed by atoms with Crippen molar-refractivity contribution in [2.75, 3.05) is 0 Å². The molecule has 26 heavy (non-hydrogen) atoms. The molecule has 2 atom stereocenters. The molecule has 1 aliphatic rings. The second kappa shape index (κ2) is 8.28. The average molecular weight is 373 g/mol. The van der Waals surface area contributed by atoms with Crippen LogP contribution in [0.15, 0.2) is 24.3 Å². The van der Waals surface area contributed by atoms with Crippen LogP contribution in [0.3, 0.4) is 0 Å². The fraction of sp³-hybridized carbons (Fsp3) is 0.474. The van der Waals surface area contributed by atoms with E-state index in [1.165, 1.54) is 6.07 Å². The third kappa shape index (κ3) is 5.53. The minimum atomic E-state index is -1.70. The predicted molar refractivity (Wildman–Crippen MR) is 100 cm³/mol. The zero-order valence-electron chi connectivity index (χ0n) is 15.3. The number of carbonyl (C=O) groups excluding carboxylic acids is 2. The van der Waals surface area contributed by atoms with Crippen LogP contribution in [0.5, 0.6) is 0 Å². The van der Waals surface area contributed by atoms with Gasteiger partial charge in [-0.2, -0.15) is 0 Å². The number of para-hydroxylation sites is 1. The molecule has 0 amide bonds. The first-order valence-electron chi connectivity index (χ1n) is 8.65. The highest BCUT2D eigenvalue weighted by atomic mass is 28.3. The molecule has 0 spiro atoms. The van der Waals surface area contributed by atoms with E-state index in [9.17, 15) is 19.7 Å². The van der Waals surface area contributed by atoms with E-state index in [4.69, 9.17) is 4.74 Å². The van der Waals surface area contributed by atoms with E-state index < -0.39 is 25.0 Å². The molecule has 1 aromatic carbocycles. The quantitative estimate of drug-likeness (QED) is 0.260. The number of esters is 1. The van der Waals surface area contributed by atoms with E-state index in [-0.39, 0.29) is 36.7 Å². The van der Waals surface area contributed by atoms with Gasteiger partial charge in [0.15, 0.2) is 6.10 Å². The Bertz CT molecular complexity index is 772. The Labute approximate surface area is 154 Å². The van der Waals surface area contributed by atoms with E-state index >= 15 is 0 Å². The van der Waals surface area contributed by atoms with Gasteiger partial charge in [-0.15, -0.1) is 5.54 Å². The summed E-state index contributed by atoms with van der Waals surface area (Å²) in [7, 11) is -1.70. The van der Waals surface area contributed by atoms with Gasteiger partial charge in [0.05, 0.1) is 10.8 Å². The van der Waals surface area contributed by atoms with Crippen molar-refractivity contribution in [2.45, 2.75) is 57.3 Å². The Balaban J connectivity index is 2.44. The van der Waals surface area contributed by atoms with Crippen molar-refractivity contribution >= 4 is 25.5 Å². The first-order valence-corrected chi connectivity index (χ1v) is 12.2. The van der Waals surface area contributed by atoms with Crippen LogP contribution in [-0.2, 0) is 14.3 Å². The van der Waals surface area contributed by atoms with Crippen molar-refractivity contribution in [2.24, 2.45) is 0 Å². The molecule has 138 valence electrons. The maximum atomic E-state index is 12.7. The molecule has 0 bridgehead atoms. The molecule has 7 heteroatoms. The van der Waals surface area contributed by atoms with Crippen LogP contribution in [0.4, 0.5) is 5.69 Å². The third-order valence-corrected chi connectivity index (χ3v) is 4.93. The highest BCUT2D eigenvalue weighted by Gasteiger charge is 2.32. The van der Waals surface area contributed by atoms with Crippen LogP contribution < -0.4 is 0 Å². The van der Waals surface area contributed by atoms with E-state index in [0.29, 0.717) is 12.0 Å². The lowest BCUT2D eigenvalue weighted by Gasteiger charge is -2.19. The van der Waals surface area contributed by atoms with Gasteiger partial charge in [0.2, 0.25) is 0 Å². The molecule has 0 aliphatic carbocycles. The van der Waals surface area contributed by atoms with Crippen LogP contribution in [0, 0.1) is 21.6 Å². The van der Waals surface area contributed by atoms with Gasteiger partial charge in [0, 0.05) is 30.9 Å². The molecule has 1 aromatic rings. The molecule has 1 saturated heterocycles. The normalized spacial score (nSPS) is 21.5. The number of carbonyl (C=O) groups is 2. The van der Waals surface area contributed by atoms with Gasteiger partial charge < -0.3 is 4.74 Å². The average Bonchev–Trinajstić information content (AvgIpc) is 2.62. The number of Topliss-reactive ketones (excluding diaryl/α,β-unsaturated/α-hetero) is 1. The van der Waals surface area contributed by atoms with Crippen LogP contribution in [0.1, 0.15) is 37.2 Å². The number of hydrogen-bond donors (Lipinski definition) is 0.